The second-order valence-electron chi connectivity index (χ2n) is 5.90. The summed E-state index contributed by atoms with van der Waals surface area (Å²) in [6, 6.07) is 13.1. The molecule has 0 aliphatic rings. The van der Waals surface area contributed by atoms with Crippen molar-refractivity contribution >= 4 is 11.6 Å². The summed E-state index contributed by atoms with van der Waals surface area (Å²) >= 11 is 6.08. The predicted octanol–water partition coefficient (Wildman–Crippen LogP) is 4.64. The van der Waals surface area contributed by atoms with Gasteiger partial charge in [0.2, 0.25) is 0 Å². The van der Waals surface area contributed by atoms with Crippen LogP contribution in [0.1, 0.15) is 27.8 Å². The summed E-state index contributed by atoms with van der Waals surface area (Å²) in [7, 11) is 2.04. The molecule has 1 unspecified atom stereocenters. The molecule has 0 fully saturated rings. The van der Waals surface area contributed by atoms with Gasteiger partial charge in [-0.1, -0.05) is 41.4 Å². The Hall–Kier alpha value is -1.31. The summed E-state index contributed by atoms with van der Waals surface area (Å²) < 4.78 is 0. The molecule has 0 saturated carbocycles. The predicted molar refractivity (Wildman–Crippen MR) is 92.4 cm³/mol. The molecule has 0 amide bonds. The first kappa shape index (κ1) is 16.1. The van der Waals surface area contributed by atoms with Gasteiger partial charge in [0.05, 0.1) is 0 Å². The first-order chi connectivity index (χ1) is 9.99. The molecule has 0 heterocycles. The van der Waals surface area contributed by atoms with Crippen LogP contribution in [0.15, 0.2) is 36.4 Å². The van der Waals surface area contributed by atoms with Crippen LogP contribution in [0.3, 0.4) is 0 Å². The summed E-state index contributed by atoms with van der Waals surface area (Å²) in [6.45, 7) is 6.58. The molecular formula is C19H24ClN. The Morgan fingerprint density at radius 1 is 1.00 bits per heavy atom. The van der Waals surface area contributed by atoms with Crippen LogP contribution in [0.4, 0.5) is 0 Å². The summed E-state index contributed by atoms with van der Waals surface area (Å²) in [4.78, 5) is 0. The maximum Gasteiger partial charge on any atom is 0.0408 e. The van der Waals surface area contributed by atoms with Gasteiger partial charge in [-0.15, -0.1) is 0 Å². The topological polar surface area (TPSA) is 12.0 Å². The van der Waals surface area contributed by atoms with Crippen LogP contribution >= 0.6 is 11.6 Å². The SMILES string of the molecule is CNC(Cc1cccc(Cl)c1)Cc1c(C)cc(C)cc1C. The number of nitrogens with one attached hydrogen (secondary N) is 1. The average Bonchev–Trinajstić information content (AvgIpc) is 2.41. The fourth-order valence-electron chi connectivity index (χ4n) is 3.00. The Balaban J connectivity index is 2.16. The van der Waals surface area contributed by atoms with Gasteiger partial charge in [0, 0.05) is 11.1 Å². The van der Waals surface area contributed by atoms with E-state index in [2.05, 4.69) is 50.4 Å². The molecule has 1 atom stereocenters. The van der Waals surface area contributed by atoms with Crippen molar-refractivity contribution in [3.05, 3.63) is 69.2 Å². The lowest BCUT2D eigenvalue weighted by molar-refractivity contribution is 0.554. The Labute approximate surface area is 133 Å². The molecule has 2 aromatic rings. The van der Waals surface area contributed by atoms with Gasteiger partial charge in [0.1, 0.15) is 0 Å². The highest BCUT2D eigenvalue weighted by atomic mass is 35.5. The van der Waals surface area contributed by atoms with E-state index in [4.69, 9.17) is 11.6 Å². The summed E-state index contributed by atoms with van der Waals surface area (Å²) in [5.41, 5.74) is 6.86. The van der Waals surface area contributed by atoms with Crippen molar-refractivity contribution in [1.29, 1.82) is 0 Å². The highest BCUT2D eigenvalue weighted by Crippen LogP contribution is 2.20. The molecule has 0 aliphatic heterocycles. The second-order valence-corrected chi connectivity index (χ2v) is 6.34. The largest absolute Gasteiger partial charge is 0.316 e. The fraction of sp³-hybridized carbons (Fsp3) is 0.368. The van der Waals surface area contributed by atoms with E-state index in [-0.39, 0.29) is 0 Å². The number of aryl methyl sites for hydroxylation is 3. The van der Waals surface area contributed by atoms with Gasteiger partial charge in [-0.25, -0.2) is 0 Å². The minimum absolute atomic E-state index is 0.420. The molecule has 0 aromatic heterocycles. The number of likely N-dealkylation sites (N-methyl/N-ethyl adjacent to an activating group) is 1. The monoisotopic (exact) mass is 301 g/mol. The lowest BCUT2D eigenvalue weighted by Crippen LogP contribution is -2.30. The Morgan fingerprint density at radius 3 is 2.24 bits per heavy atom. The zero-order valence-electron chi connectivity index (χ0n) is 13.3. The van der Waals surface area contributed by atoms with Gasteiger partial charge in [-0.2, -0.15) is 0 Å². The molecular weight excluding hydrogens is 278 g/mol. The molecule has 2 rings (SSSR count). The van der Waals surface area contributed by atoms with Crippen LogP contribution < -0.4 is 5.32 Å². The van der Waals surface area contributed by atoms with Crippen molar-refractivity contribution in [3.8, 4) is 0 Å². The third-order valence-electron chi connectivity index (χ3n) is 4.07. The average molecular weight is 302 g/mol. The van der Waals surface area contributed by atoms with Gasteiger partial charge in [-0.05, 0) is 75.0 Å². The number of hydrogen-bond acceptors (Lipinski definition) is 1. The van der Waals surface area contributed by atoms with Crippen molar-refractivity contribution in [2.24, 2.45) is 0 Å². The maximum atomic E-state index is 6.08. The number of rotatable bonds is 5. The lowest BCUT2D eigenvalue weighted by atomic mass is 9.92. The molecule has 0 spiro atoms. The van der Waals surface area contributed by atoms with Gasteiger partial charge in [0.15, 0.2) is 0 Å². The second kappa shape index (κ2) is 7.11. The summed E-state index contributed by atoms with van der Waals surface area (Å²) in [5.74, 6) is 0. The molecule has 0 aliphatic carbocycles. The smallest absolute Gasteiger partial charge is 0.0408 e. The molecule has 0 radical (unpaired) electrons. The minimum Gasteiger partial charge on any atom is -0.316 e. The Bertz CT molecular complexity index is 596. The first-order valence-electron chi connectivity index (χ1n) is 7.48. The van der Waals surface area contributed by atoms with Crippen LogP contribution in [0.25, 0.3) is 0 Å². The molecule has 112 valence electrons. The molecule has 2 heteroatoms. The van der Waals surface area contributed by atoms with E-state index in [0.717, 1.165) is 17.9 Å². The van der Waals surface area contributed by atoms with Gasteiger partial charge in [-0.3, -0.25) is 0 Å². The van der Waals surface area contributed by atoms with Crippen LogP contribution in [0.5, 0.6) is 0 Å². The quantitative estimate of drug-likeness (QED) is 0.848. The van der Waals surface area contributed by atoms with E-state index < -0.39 is 0 Å². The van der Waals surface area contributed by atoms with Crippen LogP contribution in [-0.2, 0) is 12.8 Å². The van der Waals surface area contributed by atoms with E-state index in [1.165, 1.54) is 27.8 Å². The third kappa shape index (κ3) is 4.33. The van der Waals surface area contributed by atoms with Crippen molar-refractivity contribution < 1.29 is 0 Å². The van der Waals surface area contributed by atoms with E-state index in [0.29, 0.717) is 6.04 Å². The molecule has 1 nitrogen and oxygen atoms in total. The number of benzene rings is 2. The van der Waals surface area contributed by atoms with Crippen LogP contribution in [0.2, 0.25) is 5.02 Å². The van der Waals surface area contributed by atoms with Crippen molar-refractivity contribution in [1.82, 2.24) is 5.32 Å². The molecule has 0 saturated heterocycles. The fourth-order valence-corrected chi connectivity index (χ4v) is 3.22. The first-order valence-corrected chi connectivity index (χ1v) is 7.86. The molecule has 1 N–H and O–H groups in total. The van der Waals surface area contributed by atoms with Crippen molar-refractivity contribution in [2.45, 2.75) is 39.7 Å². The van der Waals surface area contributed by atoms with Gasteiger partial charge in [0.25, 0.3) is 0 Å². The van der Waals surface area contributed by atoms with E-state index >= 15 is 0 Å². The summed E-state index contributed by atoms with van der Waals surface area (Å²) in [5, 5.41) is 4.25. The molecule has 0 bridgehead atoms. The minimum atomic E-state index is 0.420. The Morgan fingerprint density at radius 2 is 1.67 bits per heavy atom. The highest BCUT2D eigenvalue weighted by Gasteiger charge is 2.12. The van der Waals surface area contributed by atoms with Crippen molar-refractivity contribution in [2.75, 3.05) is 7.05 Å². The van der Waals surface area contributed by atoms with E-state index in [9.17, 15) is 0 Å². The Kier molecular flexibility index (Phi) is 5.44. The normalized spacial score (nSPS) is 12.4. The standard InChI is InChI=1S/C19H24ClN/c1-13-8-14(2)19(15(3)9-13)12-18(21-4)11-16-6-5-7-17(20)10-16/h5-10,18,21H,11-12H2,1-4H3. The maximum absolute atomic E-state index is 6.08. The van der Waals surface area contributed by atoms with Gasteiger partial charge >= 0.3 is 0 Å². The van der Waals surface area contributed by atoms with Crippen molar-refractivity contribution in [3.63, 3.8) is 0 Å². The number of hydrogen-bond donors (Lipinski definition) is 1. The summed E-state index contributed by atoms with van der Waals surface area (Å²) in [6.07, 6.45) is 2.03. The number of halogens is 1. The lowest BCUT2D eigenvalue weighted by Gasteiger charge is -2.20. The zero-order chi connectivity index (χ0) is 15.4. The van der Waals surface area contributed by atoms with E-state index in [1.54, 1.807) is 0 Å². The molecule has 2 aromatic carbocycles. The van der Waals surface area contributed by atoms with Crippen LogP contribution in [0, 0.1) is 20.8 Å². The zero-order valence-corrected chi connectivity index (χ0v) is 14.1. The van der Waals surface area contributed by atoms with Crippen LogP contribution in [-0.4, -0.2) is 13.1 Å². The molecule has 21 heavy (non-hydrogen) atoms. The van der Waals surface area contributed by atoms with Gasteiger partial charge < -0.3 is 5.32 Å². The highest BCUT2D eigenvalue weighted by molar-refractivity contribution is 6.30. The van der Waals surface area contributed by atoms with E-state index in [1.807, 2.05) is 19.2 Å². The third-order valence-corrected chi connectivity index (χ3v) is 4.31.